The Bertz CT molecular complexity index is 579. The number of ether oxygens (including phenoxy) is 2. The van der Waals surface area contributed by atoms with Gasteiger partial charge < -0.3 is 9.47 Å². The quantitative estimate of drug-likeness (QED) is 0.517. The van der Waals surface area contributed by atoms with E-state index in [1.165, 1.54) is 0 Å². The lowest BCUT2D eigenvalue weighted by Crippen LogP contribution is -2.22. The first-order valence-corrected chi connectivity index (χ1v) is 10.1. The molecule has 0 saturated heterocycles. The van der Waals surface area contributed by atoms with Crippen LogP contribution < -0.4 is 0 Å². The van der Waals surface area contributed by atoms with Gasteiger partial charge in [-0.05, 0) is 63.6 Å². The molecule has 2 nitrogen and oxygen atoms in total. The minimum Gasteiger partial charge on any atom is -0.371 e. The van der Waals surface area contributed by atoms with Crippen molar-refractivity contribution in [3.05, 3.63) is 28.8 Å². The van der Waals surface area contributed by atoms with Crippen LogP contribution in [0.3, 0.4) is 0 Å². The number of halogens is 3. The molecule has 0 atom stereocenters. The zero-order valence-electron chi connectivity index (χ0n) is 17.4. The first-order chi connectivity index (χ1) is 11.4. The van der Waals surface area contributed by atoms with Crippen LogP contribution in [0, 0.1) is 0 Å². The lowest BCUT2D eigenvalue weighted by Gasteiger charge is -2.28. The van der Waals surface area contributed by atoms with Gasteiger partial charge in [0.25, 0.3) is 0 Å². The second-order valence-electron chi connectivity index (χ2n) is 9.58. The van der Waals surface area contributed by atoms with E-state index in [0.717, 1.165) is 5.56 Å². The van der Waals surface area contributed by atoms with Crippen LogP contribution in [-0.2, 0) is 28.1 Å². The third-order valence-electron chi connectivity index (χ3n) is 3.66. The zero-order chi connectivity index (χ0) is 20.6. The Morgan fingerprint density at radius 3 is 1.31 bits per heavy atom. The molecule has 0 bridgehead atoms. The van der Waals surface area contributed by atoms with Crippen molar-refractivity contribution in [1.29, 1.82) is 0 Å². The Kier molecular flexibility index (Phi) is 6.93. The van der Waals surface area contributed by atoms with Crippen molar-refractivity contribution in [3.63, 3.8) is 0 Å². The summed E-state index contributed by atoms with van der Waals surface area (Å²) in [6.45, 7) is 16.9. The highest BCUT2D eigenvalue weighted by Gasteiger charge is 2.33. The van der Waals surface area contributed by atoms with Gasteiger partial charge in [0.15, 0.2) is 0 Å². The van der Waals surface area contributed by atoms with E-state index in [2.05, 4.69) is 0 Å². The monoisotopic (exact) mass is 394 g/mol. The molecule has 0 unspecified atom stereocenters. The summed E-state index contributed by atoms with van der Waals surface area (Å²) >= 11 is -5.42. The Hall–Kier alpha value is -0.720. The van der Waals surface area contributed by atoms with Crippen LogP contribution in [0.15, 0.2) is 17.0 Å². The molecule has 0 fully saturated rings. The fraction of sp³-hybridized carbons (Fsp3) is 0.700. The van der Waals surface area contributed by atoms with Gasteiger partial charge in [0.1, 0.15) is 0 Å². The summed E-state index contributed by atoms with van der Waals surface area (Å²) in [5, 5.41) is 0. The van der Waals surface area contributed by atoms with Crippen molar-refractivity contribution in [3.8, 4) is 0 Å². The van der Waals surface area contributed by atoms with Gasteiger partial charge in [-0.25, -0.2) is 0 Å². The average Bonchev–Trinajstić information content (AvgIpc) is 2.38. The largest absolute Gasteiger partial charge is 0.371 e. The van der Waals surface area contributed by atoms with E-state index in [0.29, 0.717) is 0 Å². The molecule has 6 heteroatoms. The van der Waals surface area contributed by atoms with Crippen molar-refractivity contribution in [2.45, 2.75) is 97.0 Å². The third kappa shape index (κ3) is 7.49. The van der Waals surface area contributed by atoms with Crippen molar-refractivity contribution >= 4 is 11.2 Å². The van der Waals surface area contributed by atoms with E-state index in [1.54, 1.807) is 12.1 Å². The molecular weight excluding hydrogens is 361 g/mol. The Morgan fingerprint density at radius 2 is 1.08 bits per heavy atom. The van der Waals surface area contributed by atoms with Crippen LogP contribution in [0.2, 0.25) is 0 Å². The fourth-order valence-electron chi connectivity index (χ4n) is 2.29. The second-order valence-corrected chi connectivity index (χ2v) is 10.8. The predicted octanol–water partition coefficient (Wildman–Crippen LogP) is 7.43. The van der Waals surface area contributed by atoms with Crippen molar-refractivity contribution in [2.24, 2.45) is 0 Å². The molecule has 0 aliphatic carbocycles. The fourth-order valence-corrected chi connectivity index (χ4v) is 3.12. The van der Waals surface area contributed by atoms with Crippen molar-refractivity contribution in [2.75, 3.05) is 0 Å². The molecule has 26 heavy (non-hydrogen) atoms. The maximum absolute atomic E-state index is 13.9. The highest BCUT2D eigenvalue weighted by molar-refractivity contribution is 8.21. The maximum Gasteiger partial charge on any atom is 0.238 e. The van der Waals surface area contributed by atoms with E-state index in [-0.39, 0.29) is 29.8 Å². The van der Waals surface area contributed by atoms with Crippen LogP contribution in [0.5, 0.6) is 0 Å². The Labute approximate surface area is 158 Å². The molecule has 152 valence electrons. The van der Waals surface area contributed by atoms with E-state index in [9.17, 15) is 11.7 Å². The summed E-state index contributed by atoms with van der Waals surface area (Å²) in [7, 11) is 0. The molecule has 1 rings (SSSR count). The van der Waals surface area contributed by atoms with Gasteiger partial charge in [-0.2, -0.15) is 0 Å². The highest BCUT2D eigenvalue weighted by Crippen LogP contribution is 2.63. The van der Waals surface area contributed by atoms with Crippen LogP contribution >= 0.6 is 11.2 Å². The Morgan fingerprint density at radius 1 is 0.731 bits per heavy atom. The Balaban J connectivity index is 3.52. The second kappa shape index (κ2) is 7.72. The number of hydrogen-bond acceptors (Lipinski definition) is 2. The van der Waals surface area contributed by atoms with Gasteiger partial charge in [0.05, 0.1) is 29.3 Å². The highest BCUT2D eigenvalue weighted by atomic mass is 32.3. The standard InChI is InChI=1S/C20H33F3O2S/c1-18(2,3)16-10-14(12-24-19(4,5)6)17(26(21,22)23)15(11-16)13-25-20(7,8)9/h10-11H,12-13H2,1-9H3. The number of benzene rings is 1. The SMILES string of the molecule is CC(C)(C)OCc1cc(C(C)(C)C)cc(COC(C)(C)C)c1S(F)(F)F. The zero-order valence-corrected chi connectivity index (χ0v) is 18.2. The summed E-state index contributed by atoms with van der Waals surface area (Å²) in [4.78, 5) is -0.556. The lowest BCUT2D eigenvalue weighted by molar-refractivity contribution is -0.0193. The minimum atomic E-state index is -5.42. The van der Waals surface area contributed by atoms with Crippen LogP contribution in [0.1, 0.15) is 79.0 Å². The predicted molar refractivity (Wildman–Crippen MR) is 103 cm³/mol. The smallest absolute Gasteiger partial charge is 0.238 e. The molecule has 0 saturated carbocycles. The van der Waals surface area contributed by atoms with Gasteiger partial charge in [0.2, 0.25) is 11.2 Å². The van der Waals surface area contributed by atoms with Gasteiger partial charge >= 0.3 is 0 Å². The minimum absolute atomic E-state index is 0.0716. The van der Waals surface area contributed by atoms with Crippen LogP contribution in [0.25, 0.3) is 0 Å². The van der Waals surface area contributed by atoms with Crippen LogP contribution in [0.4, 0.5) is 11.7 Å². The maximum atomic E-state index is 13.9. The topological polar surface area (TPSA) is 18.5 Å². The molecule has 0 N–H and O–H groups in total. The van der Waals surface area contributed by atoms with Crippen LogP contribution in [-0.4, -0.2) is 11.2 Å². The molecule has 0 amide bonds. The molecule has 0 aliphatic heterocycles. The van der Waals surface area contributed by atoms with Crippen molar-refractivity contribution < 1.29 is 21.1 Å². The number of hydrogen-bond donors (Lipinski definition) is 0. The van der Waals surface area contributed by atoms with Gasteiger partial charge in [-0.3, -0.25) is 0 Å². The molecule has 0 aromatic heterocycles. The summed E-state index contributed by atoms with van der Waals surface area (Å²) < 4.78 is 53.2. The summed E-state index contributed by atoms with van der Waals surface area (Å²) in [5.41, 5.74) is -0.0581. The molecule has 1 aromatic rings. The first kappa shape index (κ1) is 23.3. The summed E-state index contributed by atoms with van der Waals surface area (Å²) in [5.74, 6) is 0. The van der Waals surface area contributed by atoms with Gasteiger partial charge in [0, 0.05) is 0 Å². The normalized spacial score (nSPS) is 14.6. The van der Waals surface area contributed by atoms with E-state index in [1.807, 2.05) is 62.3 Å². The van der Waals surface area contributed by atoms with Gasteiger partial charge in [-0.15, -0.1) is 11.7 Å². The number of rotatable bonds is 5. The van der Waals surface area contributed by atoms with E-state index in [4.69, 9.17) is 9.47 Å². The molecule has 0 aliphatic rings. The van der Waals surface area contributed by atoms with E-state index < -0.39 is 27.3 Å². The molecular formula is C20H33F3O2S. The van der Waals surface area contributed by atoms with Gasteiger partial charge in [-0.1, -0.05) is 32.9 Å². The first-order valence-electron chi connectivity index (χ1n) is 8.76. The van der Waals surface area contributed by atoms with Crippen molar-refractivity contribution in [1.82, 2.24) is 0 Å². The lowest BCUT2D eigenvalue weighted by atomic mass is 9.85. The summed E-state index contributed by atoms with van der Waals surface area (Å²) in [6, 6.07) is 3.28. The molecule has 0 radical (unpaired) electrons. The molecule has 1 aromatic carbocycles. The van der Waals surface area contributed by atoms with E-state index >= 15 is 0 Å². The average molecular weight is 395 g/mol. The summed E-state index contributed by atoms with van der Waals surface area (Å²) in [6.07, 6.45) is 0. The third-order valence-corrected chi connectivity index (χ3v) is 4.65. The molecule has 0 heterocycles. The molecule has 0 spiro atoms.